The summed E-state index contributed by atoms with van der Waals surface area (Å²) in [7, 11) is -4.25. The fraction of sp³-hybridized carbons (Fsp3) is 0.417. The molecule has 1 atom stereocenters. The fourth-order valence-corrected chi connectivity index (χ4v) is 3.62. The normalized spacial score (nSPS) is 16.7. The van der Waals surface area contributed by atoms with Crippen molar-refractivity contribution in [1.82, 2.24) is 4.72 Å². The minimum Gasteiger partial charge on any atom is -0.478 e. The van der Waals surface area contributed by atoms with Gasteiger partial charge in [0.1, 0.15) is 4.90 Å². The van der Waals surface area contributed by atoms with E-state index in [2.05, 4.69) is 20.7 Å². The Morgan fingerprint density at radius 2 is 2.10 bits per heavy atom. The van der Waals surface area contributed by atoms with E-state index in [-0.39, 0.29) is 16.9 Å². The lowest BCUT2D eigenvalue weighted by Gasteiger charge is -2.13. The molecule has 1 aromatic rings. The second-order valence-corrected chi connectivity index (χ2v) is 7.48. The van der Waals surface area contributed by atoms with Gasteiger partial charge in [0.2, 0.25) is 10.0 Å². The van der Waals surface area contributed by atoms with Crippen molar-refractivity contribution in [3.8, 4) is 0 Å². The number of carbonyl (C=O) groups is 1. The minimum atomic E-state index is -4.25. The molecule has 0 amide bonds. The van der Waals surface area contributed by atoms with Gasteiger partial charge in [0, 0.05) is 11.0 Å². The minimum absolute atomic E-state index is 0.0645. The highest BCUT2D eigenvalue weighted by atomic mass is 79.9. The van der Waals surface area contributed by atoms with E-state index in [1.807, 2.05) is 0 Å². The van der Waals surface area contributed by atoms with Crippen LogP contribution in [0, 0.1) is 11.7 Å². The number of carboxylic acid groups (broad SMARTS) is 1. The highest BCUT2D eigenvalue weighted by molar-refractivity contribution is 9.10. The van der Waals surface area contributed by atoms with Crippen LogP contribution in [0.5, 0.6) is 0 Å². The Balaban J connectivity index is 2.28. The lowest BCUT2D eigenvalue weighted by atomic mass is 10.2. The Labute approximate surface area is 129 Å². The van der Waals surface area contributed by atoms with Gasteiger partial charge in [-0.2, -0.15) is 0 Å². The van der Waals surface area contributed by atoms with Crippen molar-refractivity contribution in [1.29, 1.82) is 0 Å². The van der Waals surface area contributed by atoms with E-state index in [4.69, 9.17) is 5.11 Å². The zero-order valence-corrected chi connectivity index (χ0v) is 13.1. The molecule has 0 aromatic heterocycles. The Bertz CT molecular complexity index is 674. The van der Waals surface area contributed by atoms with Gasteiger partial charge in [0.15, 0.2) is 5.82 Å². The summed E-state index contributed by atoms with van der Waals surface area (Å²) in [4.78, 5) is 10.1. The van der Waals surface area contributed by atoms with E-state index in [1.54, 1.807) is 0 Å². The van der Waals surface area contributed by atoms with Gasteiger partial charge in [-0.05, 0) is 30.9 Å². The summed E-state index contributed by atoms with van der Waals surface area (Å²) in [5, 5.41) is 18.5. The zero-order chi connectivity index (χ0) is 15.8. The number of aliphatic hydroxyl groups excluding tert-OH is 1. The van der Waals surface area contributed by atoms with Crippen LogP contribution in [0.25, 0.3) is 0 Å². The average Bonchev–Trinajstić information content (AvgIpc) is 3.22. The molecule has 0 bridgehead atoms. The van der Waals surface area contributed by atoms with E-state index >= 15 is 0 Å². The van der Waals surface area contributed by atoms with Gasteiger partial charge in [-0.25, -0.2) is 22.3 Å². The summed E-state index contributed by atoms with van der Waals surface area (Å²) in [6, 6.07) is 1.96. The maximum absolute atomic E-state index is 14.0. The van der Waals surface area contributed by atoms with Crippen LogP contribution in [0.4, 0.5) is 4.39 Å². The van der Waals surface area contributed by atoms with Gasteiger partial charge in [-0.1, -0.05) is 15.9 Å². The topological polar surface area (TPSA) is 104 Å². The molecule has 6 nitrogen and oxygen atoms in total. The molecular formula is C12H13BrFNO5S. The van der Waals surface area contributed by atoms with Gasteiger partial charge in [-0.3, -0.25) is 0 Å². The molecule has 1 unspecified atom stereocenters. The molecule has 21 heavy (non-hydrogen) atoms. The SMILES string of the molecule is O=C(O)c1cc(Br)cc(S(=O)(=O)NCC(O)C2CC2)c1F. The number of sulfonamides is 1. The van der Waals surface area contributed by atoms with Crippen LogP contribution in [0.2, 0.25) is 0 Å². The lowest BCUT2D eigenvalue weighted by molar-refractivity contribution is 0.0691. The number of aromatic carboxylic acids is 1. The molecule has 0 radical (unpaired) electrons. The third-order valence-corrected chi connectivity index (χ3v) is 5.05. The summed E-state index contributed by atoms with van der Waals surface area (Å²) >= 11 is 2.95. The predicted molar refractivity (Wildman–Crippen MR) is 75.0 cm³/mol. The quantitative estimate of drug-likeness (QED) is 0.689. The van der Waals surface area contributed by atoms with Gasteiger partial charge in [-0.15, -0.1) is 0 Å². The number of halogens is 2. The first-order valence-corrected chi connectivity index (χ1v) is 8.40. The van der Waals surface area contributed by atoms with Crippen molar-refractivity contribution >= 4 is 31.9 Å². The third-order valence-electron chi connectivity index (χ3n) is 3.17. The number of carboxylic acids is 1. The Morgan fingerprint density at radius 1 is 1.48 bits per heavy atom. The number of nitrogens with one attached hydrogen (secondary N) is 1. The number of rotatable bonds is 6. The smallest absolute Gasteiger partial charge is 0.338 e. The van der Waals surface area contributed by atoms with Gasteiger partial charge >= 0.3 is 5.97 Å². The first kappa shape index (κ1) is 16.3. The summed E-state index contributed by atoms with van der Waals surface area (Å²) in [5.74, 6) is -2.84. The van der Waals surface area contributed by atoms with Crippen molar-refractivity contribution in [2.45, 2.75) is 23.8 Å². The van der Waals surface area contributed by atoms with E-state index in [9.17, 15) is 22.7 Å². The molecule has 9 heteroatoms. The maximum atomic E-state index is 14.0. The number of hydrogen-bond donors (Lipinski definition) is 3. The van der Waals surface area contributed by atoms with E-state index in [0.29, 0.717) is 0 Å². The number of benzene rings is 1. The molecule has 2 rings (SSSR count). The van der Waals surface area contributed by atoms with Crippen LogP contribution in [0.3, 0.4) is 0 Å². The summed E-state index contributed by atoms with van der Waals surface area (Å²) < 4.78 is 40.3. The molecule has 3 N–H and O–H groups in total. The molecule has 0 saturated heterocycles. The highest BCUT2D eigenvalue weighted by Gasteiger charge is 2.31. The van der Waals surface area contributed by atoms with Crippen LogP contribution in [-0.2, 0) is 10.0 Å². The van der Waals surface area contributed by atoms with Crippen molar-refractivity contribution in [3.05, 3.63) is 28.0 Å². The van der Waals surface area contributed by atoms with E-state index in [0.717, 1.165) is 25.0 Å². The average molecular weight is 382 g/mol. The second kappa shape index (κ2) is 5.99. The lowest BCUT2D eigenvalue weighted by Crippen LogP contribution is -2.33. The van der Waals surface area contributed by atoms with Gasteiger partial charge < -0.3 is 10.2 Å². The van der Waals surface area contributed by atoms with Gasteiger partial charge in [0.05, 0.1) is 11.7 Å². The highest BCUT2D eigenvalue weighted by Crippen LogP contribution is 2.32. The van der Waals surface area contributed by atoms with E-state index in [1.165, 1.54) is 0 Å². The molecule has 1 aliphatic carbocycles. The zero-order valence-electron chi connectivity index (χ0n) is 10.7. The summed E-state index contributed by atoms with van der Waals surface area (Å²) in [6.45, 7) is -0.235. The predicted octanol–water partition coefficient (Wildman–Crippen LogP) is 1.34. The van der Waals surface area contributed by atoms with Crippen LogP contribution in [0.15, 0.2) is 21.5 Å². The van der Waals surface area contributed by atoms with Crippen LogP contribution >= 0.6 is 15.9 Å². The van der Waals surface area contributed by atoms with Gasteiger partial charge in [0.25, 0.3) is 0 Å². The Morgan fingerprint density at radius 3 is 2.62 bits per heavy atom. The second-order valence-electron chi connectivity index (χ2n) is 4.83. The van der Waals surface area contributed by atoms with Crippen molar-refractivity contribution in [3.63, 3.8) is 0 Å². The third kappa shape index (κ3) is 3.79. The first-order chi connectivity index (χ1) is 9.72. The van der Waals surface area contributed by atoms with Crippen LogP contribution in [0.1, 0.15) is 23.2 Å². The molecule has 0 spiro atoms. The Kier molecular flexibility index (Phi) is 4.66. The standard InChI is InChI=1S/C12H13BrFNO5S/c13-7-3-8(12(17)18)11(14)10(4-7)21(19,20)15-5-9(16)6-1-2-6/h3-4,6,9,15-16H,1-2,5H2,(H,17,18). The monoisotopic (exact) mass is 381 g/mol. The molecule has 0 aliphatic heterocycles. The molecule has 0 heterocycles. The molecule has 1 aromatic carbocycles. The summed E-state index contributed by atoms with van der Waals surface area (Å²) in [5.41, 5.74) is -0.743. The molecule has 1 fully saturated rings. The van der Waals surface area contributed by atoms with E-state index < -0.39 is 38.4 Å². The Hall–Kier alpha value is -1.03. The van der Waals surface area contributed by atoms with Crippen molar-refractivity contribution in [2.75, 3.05) is 6.54 Å². The molecule has 116 valence electrons. The number of aliphatic hydroxyl groups is 1. The van der Waals surface area contributed by atoms with Crippen LogP contribution in [-0.4, -0.2) is 37.2 Å². The van der Waals surface area contributed by atoms with Crippen LogP contribution < -0.4 is 4.72 Å². The first-order valence-electron chi connectivity index (χ1n) is 6.12. The summed E-state index contributed by atoms with van der Waals surface area (Å²) in [6.07, 6.45) is 0.836. The largest absolute Gasteiger partial charge is 0.478 e. The fourth-order valence-electron chi connectivity index (χ4n) is 1.84. The van der Waals surface area contributed by atoms with Crippen molar-refractivity contribution in [2.24, 2.45) is 5.92 Å². The molecule has 1 saturated carbocycles. The number of hydrogen-bond acceptors (Lipinski definition) is 4. The molecular weight excluding hydrogens is 369 g/mol. The molecule has 1 aliphatic rings. The van der Waals surface area contributed by atoms with Crippen molar-refractivity contribution < 1.29 is 27.8 Å². The maximum Gasteiger partial charge on any atom is 0.338 e.